The van der Waals surface area contributed by atoms with Gasteiger partial charge in [-0.1, -0.05) is 18.2 Å². The number of carbonyl (C=O) groups excluding carboxylic acids is 1. The van der Waals surface area contributed by atoms with Gasteiger partial charge in [0.15, 0.2) is 0 Å². The molecule has 4 nitrogen and oxygen atoms in total. The second kappa shape index (κ2) is 4.49. The molecule has 0 saturated carbocycles. The van der Waals surface area contributed by atoms with Gasteiger partial charge in [-0.15, -0.1) is 0 Å². The van der Waals surface area contributed by atoms with E-state index in [1.807, 2.05) is 0 Å². The van der Waals surface area contributed by atoms with E-state index >= 15 is 0 Å². The minimum atomic E-state index is -3.50. The average molecular weight is 280 g/mol. The molecule has 0 bridgehead atoms. The summed E-state index contributed by atoms with van der Waals surface area (Å²) in [6, 6.07) is 6.73. The molecule has 0 radical (unpaired) electrons. The number of hydrogen-bond donors (Lipinski definition) is 0. The molecule has 0 unspecified atom stereocenters. The van der Waals surface area contributed by atoms with Crippen LogP contribution in [0.25, 0.3) is 6.08 Å². The maximum absolute atomic E-state index is 12.2. The summed E-state index contributed by atoms with van der Waals surface area (Å²) in [5, 5.41) is 0. The van der Waals surface area contributed by atoms with Gasteiger partial charge in [0.25, 0.3) is 0 Å². The Bertz CT molecular complexity index is 648. The van der Waals surface area contributed by atoms with Crippen molar-refractivity contribution in [3.8, 4) is 0 Å². The van der Waals surface area contributed by atoms with Crippen molar-refractivity contribution < 1.29 is 17.9 Å². The maximum Gasteiger partial charge on any atom is 0.311 e. The molecule has 0 atom stereocenters. The van der Waals surface area contributed by atoms with E-state index in [2.05, 4.69) is 0 Å². The van der Waals surface area contributed by atoms with E-state index < -0.39 is 21.2 Å². The second-order valence-corrected chi connectivity index (χ2v) is 7.45. The van der Waals surface area contributed by atoms with Crippen LogP contribution in [0.15, 0.2) is 34.1 Å². The zero-order valence-corrected chi connectivity index (χ0v) is 12.0. The average Bonchev–Trinajstić information content (AvgIpc) is 2.57. The van der Waals surface area contributed by atoms with Crippen molar-refractivity contribution >= 4 is 21.9 Å². The molecule has 102 valence electrons. The lowest BCUT2D eigenvalue weighted by Crippen LogP contribution is -2.24. The number of carbonyl (C=O) groups is 1. The van der Waals surface area contributed by atoms with E-state index in [0.29, 0.717) is 5.56 Å². The third-order valence-corrected chi connectivity index (χ3v) is 4.70. The molecule has 0 amide bonds. The topological polar surface area (TPSA) is 60.4 Å². The van der Waals surface area contributed by atoms with Gasteiger partial charge in [-0.05, 0) is 38.5 Å². The minimum absolute atomic E-state index is 0.131. The quantitative estimate of drug-likeness (QED) is 0.780. The van der Waals surface area contributed by atoms with Crippen LogP contribution >= 0.6 is 0 Å². The summed E-state index contributed by atoms with van der Waals surface area (Å²) in [6.07, 6.45) is 1.56. The maximum atomic E-state index is 12.2. The highest BCUT2D eigenvalue weighted by Gasteiger charge is 2.31. The Morgan fingerprint density at radius 3 is 2.42 bits per heavy atom. The van der Waals surface area contributed by atoms with Crippen molar-refractivity contribution in [1.29, 1.82) is 0 Å². The first-order valence-corrected chi connectivity index (χ1v) is 7.43. The van der Waals surface area contributed by atoms with Crippen molar-refractivity contribution in [3.05, 3.63) is 34.7 Å². The molecule has 1 aromatic carbocycles. The molecule has 1 heterocycles. The van der Waals surface area contributed by atoms with Crippen LogP contribution in [0.3, 0.4) is 0 Å². The van der Waals surface area contributed by atoms with Crippen LogP contribution in [0.4, 0.5) is 0 Å². The summed E-state index contributed by atoms with van der Waals surface area (Å²) in [7, 11) is -3.50. The van der Waals surface area contributed by atoms with E-state index in [4.69, 9.17) is 4.74 Å². The Morgan fingerprint density at radius 2 is 1.84 bits per heavy atom. The lowest BCUT2D eigenvalue weighted by molar-refractivity contribution is -0.151. The summed E-state index contributed by atoms with van der Waals surface area (Å²) in [5.41, 5.74) is -0.000201. The van der Waals surface area contributed by atoms with Gasteiger partial charge >= 0.3 is 5.97 Å². The molecule has 0 N–H and O–H groups in total. The first-order chi connectivity index (χ1) is 8.73. The molecule has 0 spiro atoms. The molecule has 0 saturated heterocycles. The Labute approximate surface area is 113 Å². The summed E-state index contributed by atoms with van der Waals surface area (Å²) >= 11 is 0. The molecule has 0 aromatic heterocycles. The monoisotopic (exact) mass is 280 g/mol. The van der Waals surface area contributed by atoms with Gasteiger partial charge in [0, 0.05) is 0 Å². The van der Waals surface area contributed by atoms with Crippen LogP contribution < -0.4 is 0 Å². The van der Waals surface area contributed by atoms with E-state index in [9.17, 15) is 13.2 Å². The number of esters is 1. The van der Waals surface area contributed by atoms with Crippen molar-refractivity contribution in [2.45, 2.75) is 25.7 Å². The highest BCUT2D eigenvalue weighted by atomic mass is 32.2. The van der Waals surface area contributed by atoms with E-state index in [0.717, 1.165) is 0 Å². The summed E-state index contributed by atoms with van der Waals surface area (Å²) in [5.74, 6) is -0.417. The predicted octanol–water partition coefficient (Wildman–Crippen LogP) is 2.40. The van der Waals surface area contributed by atoms with Crippen molar-refractivity contribution in [3.63, 3.8) is 0 Å². The van der Waals surface area contributed by atoms with Crippen LogP contribution in [0.2, 0.25) is 0 Å². The van der Waals surface area contributed by atoms with E-state index in [1.165, 1.54) is 0 Å². The number of ether oxygens (including phenoxy) is 1. The Kier molecular flexibility index (Phi) is 3.26. The van der Waals surface area contributed by atoms with Crippen LogP contribution in [-0.4, -0.2) is 21.0 Å². The van der Waals surface area contributed by atoms with Gasteiger partial charge in [-0.25, -0.2) is 8.42 Å². The van der Waals surface area contributed by atoms with Crippen molar-refractivity contribution in [2.75, 3.05) is 6.61 Å². The van der Waals surface area contributed by atoms with Crippen LogP contribution in [-0.2, 0) is 19.4 Å². The zero-order chi connectivity index (χ0) is 14.3. The molecule has 1 aromatic rings. The number of hydrogen-bond acceptors (Lipinski definition) is 4. The van der Waals surface area contributed by atoms with Crippen LogP contribution in [0.1, 0.15) is 26.3 Å². The fourth-order valence-electron chi connectivity index (χ4n) is 1.71. The molecule has 1 aliphatic heterocycles. The van der Waals surface area contributed by atoms with Gasteiger partial charge in [0.1, 0.15) is 6.61 Å². The first-order valence-electron chi connectivity index (χ1n) is 5.95. The summed E-state index contributed by atoms with van der Waals surface area (Å²) in [6.45, 7) is 4.96. The van der Waals surface area contributed by atoms with Gasteiger partial charge in [0.05, 0.1) is 15.2 Å². The number of benzene rings is 1. The predicted molar refractivity (Wildman–Crippen MR) is 72.0 cm³/mol. The normalized spacial score (nSPS) is 16.7. The largest absolute Gasteiger partial charge is 0.460 e. The Hall–Kier alpha value is -1.62. The molecule has 19 heavy (non-hydrogen) atoms. The number of fused-ring (bicyclic) bond motifs is 1. The Morgan fingerprint density at radius 1 is 1.21 bits per heavy atom. The highest BCUT2D eigenvalue weighted by Crippen LogP contribution is 2.32. The SMILES string of the molecule is CC(C)(C)C(=O)OCC1=Cc2ccccc2S1(=O)=O. The van der Waals surface area contributed by atoms with E-state index in [-0.39, 0.29) is 16.4 Å². The van der Waals surface area contributed by atoms with E-state index in [1.54, 1.807) is 51.1 Å². The first kappa shape index (κ1) is 13.8. The lowest BCUT2D eigenvalue weighted by atomic mass is 9.97. The summed E-state index contributed by atoms with van der Waals surface area (Å²) < 4.78 is 29.4. The molecule has 5 heteroatoms. The lowest BCUT2D eigenvalue weighted by Gasteiger charge is -2.16. The zero-order valence-electron chi connectivity index (χ0n) is 11.1. The fraction of sp³-hybridized carbons (Fsp3) is 0.357. The standard InChI is InChI=1S/C14H16O4S/c1-14(2,3)13(15)18-9-11-8-10-6-4-5-7-12(10)19(11,16)17/h4-8H,9H2,1-3H3. The van der Waals surface area contributed by atoms with Crippen molar-refractivity contribution in [1.82, 2.24) is 0 Å². The molecule has 1 aliphatic rings. The van der Waals surface area contributed by atoms with Gasteiger partial charge in [-0.2, -0.15) is 0 Å². The van der Waals surface area contributed by atoms with Crippen LogP contribution in [0, 0.1) is 5.41 Å². The minimum Gasteiger partial charge on any atom is -0.460 e. The fourth-order valence-corrected chi connectivity index (χ4v) is 3.18. The summed E-state index contributed by atoms with van der Waals surface area (Å²) in [4.78, 5) is 12.1. The number of rotatable bonds is 2. The van der Waals surface area contributed by atoms with Crippen LogP contribution in [0.5, 0.6) is 0 Å². The molecule has 0 fully saturated rings. The molecular weight excluding hydrogens is 264 g/mol. The molecule has 2 rings (SSSR count). The molecule has 0 aliphatic carbocycles. The highest BCUT2D eigenvalue weighted by molar-refractivity contribution is 7.95. The number of sulfone groups is 1. The third kappa shape index (κ3) is 2.56. The third-order valence-electron chi connectivity index (χ3n) is 2.83. The van der Waals surface area contributed by atoms with Gasteiger partial charge in [0.2, 0.25) is 9.84 Å². The smallest absolute Gasteiger partial charge is 0.311 e. The van der Waals surface area contributed by atoms with Crippen molar-refractivity contribution in [2.24, 2.45) is 5.41 Å². The van der Waals surface area contributed by atoms with Gasteiger partial charge in [-0.3, -0.25) is 4.79 Å². The second-order valence-electron chi connectivity index (χ2n) is 5.48. The molecular formula is C14H16O4S. The Balaban J connectivity index is 2.19. The van der Waals surface area contributed by atoms with Gasteiger partial charge < -0.3 is 4.74 Å².